The molecule has 3 aliphatic heterocycles. The van der Waals surface area contributed by atoms with E-state index in [1.54, 1.807) is 12.2 Å². The fourth-order valence-electron chi connectivity index (χ4n) is 3.67. The molecule has 22 heavy (non-hydrogen) atoms. The summed E-state index contributed by atoms with van der Waals surface area (Å²) in [5.74, 6) is -1.83. The van der Waals surface area contributed by atoms with Gasteiger partial charge in [0.05, 0.1) is 25.0 Å². The predicted octanol–water partition coefficient (Wildman–Crippen LogP) is 1.21. The summed E-state index contributed by atoms with van der Waals surface area (Å²) in [7, 11) is 0. The Hall–Kier alpha value is -1.50. The first-order valence-electron chi connectivity index (χ1n) is 7.10. The smallest absolute Gasteiger partial charge is 0.237 e. The van der Waals surface area contributed by atoms with Crippen LogP contribution in [0.15, 0.2) is 42.5 Å². The molecule has 114 valence electrons. The van der Waals surface area contributed by atoms with Crippen LogP contribution in [0.3, 0.4) is 0 Å². The van der Waals surface area contributed by atoms with Gasteiger partial charge in [0.25, 0.3) is 0 Å². The maximum absolute atomic E-state index is 12.8. The quantitative estimate of drug-likeness (QED) is 0.498. The van der Waals surface area contributed by atoms with Gasteiger partial charge in [-0.25, -0.2) is 0 Å². The monoisotopic (exact) mass is 363 g/mol. The number of aliphatic hydroxyl groups is 1. The van der Waals surface area contributed by atoms with Crippen molar-refractivity contribution in [1.29, 1.82) is 0 Å². The lowest BCUT2D eigenvalue weighted by Crippen LogP contribution is -2.43. The molecule has 5 nitrogen and oxygen atoms in total. The molecule has 2 amide bonds. The Morgan fingerprint density at radius 1 is 1.14 bits per heavy atom. The molecule has 0 aliphatic carbocycles. The summed E-state index contributed by atoms with van der Waals surface area (Å²) < 4.78 is 4.80. The molecule has 3 aliphatic rings. The van der Waals surface area contributed by atoms with E-state index in [2.05, 4.69) is 15.9 Å². The number of rotatable bonds is 3. The lowest BCUT2D eigenvalue weighted by molar-refractivity contribution is -0.146. The molecule has 4 rings (SSSR count). The second kappa shape index (κ2) is 4.50. The van der Waals surface area contributed by atoms with Crippen molar-refractivity contribution in [2.24, 2.45) is 11.8 Å². The Morgan fingerprint density at radius 2 is 1.82 bits per heavy atom. The van der Waals surface area contributed by atoms with Gasteiger partial charge in [0.15, 0.2) is 4.51 Å². The number of amides is 2. The number of imide groups is 1. The van der Waals surface area contributed by atoms with Crippen LogP contribution < -0.4 is 0 Å². The first-order valence-corrected chi connectivity index (χ1v) is 7.89. The molecule has 0 aromatic heterocycles. The van der Waals surface area contributed by atoms with Gasteiger partial charge in [0.1, 0.15) is 5.60 Å². The fourth-order valence-corrected chi connectivity index (χ4v) is 4.56. The summed E-state index contributed by atoms with van der Waals surface area (Å²) in [4.78, 5) is 26.8. The zero-order valence-electron chi connectivity index (χ0n) is 11.6. The number of alkyl halides is 1. The molecule has 2 bridgehead atoms. The first kappa shape index (κ1) is 14.1. The van der Waals surface area contributed by atoms with Crippen molar-refractivity contribution >= 4 is 27.7 Å². The van der Waals surface area contributed by atoms with E-state index >= 15 is 0 Å². The Balaban J connectivity index is 1.70. The zero-order chi connectivity index (χ0) is 15.5. The Bertz CT molecular complexity index is 691. The van der Waals surface area contributed by atoms with Gasteiger partial charge in [-0.2, -0.15) is 0 Å². The molecule has 0 radical (unpaired) electrons. The molecular formula is C16H14BrNO4. The standard InChI is InChI=1S/C16H14BrNO4/c17-16-7-6-15(9-19,22-16)11-12(16)14(21)18(13(11)20)8-10-4-2-1-3-5-10/h1-7,11-12,19H,8-9H2/t11-,12+,15+,16-/m1/s1. The van der Waals surface area contributed by atoms with Crippen molar-refractivity contribution in [3.63, 3.8) is 0 Å². The molecule has 6 heteroatoms. The summed E-state index contributed by atoms with van der Waals surface area (Å²) >= 11 is 3.43. The lowest BCUT2D eigenvalue weighted by Gasteiger charge is -2.26. The first-order chi connectivity index (χ1) is 10.5. The average Bonchev–Trinajstić information content (AvgIpc) is 3.10. The van der Waals surface area contributed by atoms with Crippen LogP contribution in [-0.2, 0) is 20.9 Å². The molecule has 4 atom stereocenters. The number of likely N-dealkylation sites (tertiary alicyclic amines) is 1. The summed E-state index contributed by atoms with van der Waals surface area (Å²) in [6.45, 7) is -0.0771. The van der Waals surface area contributed by atoms with E-state index in [1.807, 2.05) is 30.3 Å². The van der Waals surface area contributed by atoms with Gasteiger partial charge in [-0.1, -0.05) is 30.3 Å². The molecule has 0 spiro atoms. The van der Waals surface area contributed by atoms with Crippen LogP contribution in [0.5, 0.6) is 0 Å². The molecule has 2 saturated heterocycles. The third-order valence-corrected chi connectivity index (χ3v) is 5.64. The number of hydrogen-bond acceptors (Lipinski definition) is 4. The van der Waals surface area contributed by atoms with Gasteiger partial charge in [-0.15, -0.1) is 0 Å². The Kier molecular flexibility index (Phi) is 2.89. The fraction of sp³-hybridized carbons (Fsp3) is 0.375. The van der Waals surface area contributed by atoms with Crippen LogP contribution in [-0.4, -0.2) is 38.5 Å². The molecule has 0 saturated carbocycles. The molecular weight excluding hydrogens is 350 g/mol. The van der Waals surface area contributed by atoms with Gasteiger partial charge in [0, 0.05) is 0 Å². The normalized spacial score (nSPS) is 38.9. The van der Waals surface area contributed by atoms with Crippen molar-refractivity contribution in [2.75, 3.05) is 6.61 Å². The topological polar surface area (TPSA) is 66.8 Å². The van der Waals surface area contributed by atoms with Crippen LogP contribution in [0.4, 0.5) is 0 Å². The number of benzene rings is 1. The van der Waals surface area contributed by atoms with Crippen LogP contribution in [0, 0.1) is 11.8 Å². The summed E-state index contributed by atoms with van der Waals surface area (Å²) in [5, 5.41) is 9.71. The third-order valence-electron chi connectivity index (χ3n) is 4.72. The predicted molar refractivity (Wildman–Crippen MR) is 80.7 cm³/mol. The summed E-state index contributed by atoms with van der Waals surface area (Å²) in [6.07, 6.45) is 3.42. The van der Waals surface area contributed by atoms with Crippen molar-refractivity contribution in [2.45, 2.75) is 16.7 Å². The highest BCUT2D eigenvalue weighted by Crippen LogP contribution is 2.59. The highest BCUT2D eigenvalue weighted by Gasteiger charge is 2.72. The van der Waals surface area contributed by atoms with Crippen molar-refractivity contribution in [1.82, 2.24) is 4.90 Å². The summed E-state index contributed by atoms with van der Waals surface area (Å²) in [5.41, 5.74) is -0.195. The van der Waals surface area contributed by atoms with Gasteiger partial charge < -0.3 is 9.84 Å². The van der Waals surface area contributed by atoms with Gasteiger partial charge >= 0.3 is 0 Å². The molecule has 3 heterocycles. The maximum atomic E-state index is 12.8. The number of hydrogen-bond donors (Lipinski definition) is 1. The largest absolute Gasteiger partial charge is 0.393 e. The number of fused-ring (bicyclic) bond motifs is 5. The molecule has 1 aromatic rings. The second-order valence-electron chi connectivity index (χ2n) is 5.95. The number of carbonyl (C=O) groups excluding carboxylic acids is 2. The lowest BCUT2D eigenvalue weighted by atomic mass is 9.77. The van der Waals surface area contributed by atoms with Crippen LogP contribution >= 0.6 is 15.9 Å². The zero-order valence-corrected chi connectivity index (χ0v) is 13.2. The molecule has 1 N–H and O–H groups in total. The van der Waals surface area contributed by atoms with Crippen molar-refractivity contribution in [3.8, 4) is 0 Å². The van der Waals surface area contributed by atoms with Gasteiger partial charge in [-0.05, 0) is 33.6 Å². The number of aliphatic hydroxyl groups excluding tert-OH is 1. The Labute approximate surface area is 135 Å². The van der Waals surface area contributed by atoms with Gasteiger partial charge in [0.2, 0.25) is 11.8 Å². The van der Waals surface area contributed by atoms with Gasteiger partial charge in [-0.3, -0.25) is 14.5 Å². The Morgan fingerprint density at radius 3 is 2.50 bits per heavy atom. The van der Waals surface area contributed by atoms with Crippen molar-refractivity contribution in [3.05, 3.63) is 48.0 Å². The van der Waals surface area contributed by atoms with E-state index in [-0.39, 0.29) is 25.0 Å². The van der Waals surface area contributed by atoms with E-state index in [0.29, 0.717) is 0 Å². The van der Waals surface area contributed by atoms with Crippen LogP contribution in [0.2, 0.25) is 0 Å². The third kappa shape index (κ3) is 1.66. The minimum Gasteiger partial charge on any atom is -0.393 e. The van der Waals surface area contributed by atoms with Crippen molar-refractivity contribution < 1.29 is 19.4 Å². The van der Waals surface area contributed by atoms with E-state index in [1.165, 1.54) is 4.90 Å². The minimum absolute atomic E-state index is 0.246. The molecule has 2 fully saturated rings. The SMILES string of the molecule is O=C1[C@@H]2[C@H](C(=O)N1Cc1ccccc1)[C@@]1(CO)C=C[C@@]2(Br)O1. The number of ether oxygens (including phenoxy) is 1. The summed E-state index contributed by atoms with van der Waals surface area (Å²) in [6, 6.07) is 9.39. The molecule has 1 aromatic carbocycles. The highest BCUT2D eigenvalue weighted by molar-refractivity contribution is 9.10. The average molecular weight is 364 g/mol. The van der Waals surface area contributed by atoms with Crippen LogP contribution in [0.25, 0.3) is 0 Å². The van der Waals surface area contributed by atoms with E-state index in [4.69, 9.17) is 4.74 Å². The maximum Gasteiger partial charge on any atom is 0.237 e. The number of carbonyl (C=O) groups is 2. The number of nitrogens with zero attached hydrogens (tertiary/aromatic N) is 1. The van der Waals surface area contributed by atoms with E-state index < -0.39 is 21.9 Å². The van der Waals surface area contributed by atoms with E-state index in [9.17, 15) is 14.7 Å². The van der Waals surface area contributed by atoms with Crippen LogP contribution in [0.1, 0.15) is 5.56 Å². The minimum atomic E-state index is -1.09. The highest BCUT2D eigenvalue weighted by atomic mass is 79.9. The van der Waals surface area contributed by atoms with E-state index in [0.717, 1.165) is 5.56 Å². The number of halogens is 1. The second-order valence-corrected chi connectivity index (χ2v) is 7.19. The molecule has 0 unspecified atom stereocenters.